The predicted octanol–water partition coefficient (Wildman–Crippen LogP) is 4.10. The van der Waals surface area contributed by atoms with Gasteiger partial charge in [-0.15, -0.1) is 0 Å². The molecule has 8 nitrogen and oxygen atoms in total. The third-order valence-electron chi connectivity index (χ3n) is 5.07. The number of anilines is 4. The number of nitrogens with zero attached hydrogens (tertiary/aromatic N) is 3. The maximum Gasteiger partial charge on any atom is 0.311 e. The van der Waals surface area contributed by atoms with Gasteiger partial charge in [-0.2, -0.15) is 0 Å². The molecule has 3 rings (SSSR count). The summed E-state index contributed by atoms with van der Waals surface area (Å²) in [7, 11) is 0. The lowest BCUT2D eigenvalue weighted by Gasteiger charge is -2.37. The SMILES string of the molecule is CC(C)CNc1ccc([N+](=O)[O-])c(Nc2ccc(N3CCCC(F)(CO)C3)cc2)n1. The van der Waals surface area contributed by atoms with Crippen molar-refractivity contribution in [3.05, 3.63) is 46.5 Å². The third kappa shape index (κ3) is 5.35. The lowest BCUT2D eigenvalue weighted by atomic mass is 9.95. The number of aliphatic hydroxyl groups excluding tert-OH is 1. The highest BCUT2D eigenvalue weighted by molar-refractivity contribution is 5.69. The maximum absolute atomic E-state index is 14.5. The van der Waals surface area contributed by atoms with Crippen LogP contribution in [0, 0.1) is 16.0 Å². The summed E-state index contributed by atoms with van der Waals surface area (Å²) in [6, 6.07) is 10.2. The van der Waals surface area contributed by atoms with E-state index in [2.05, 4.69) is 29.5 Å². The second-order valence-corrected chi connectivity index (χ2v) is 8.10. The van der Waals surface area contributed by atoms with Crippen molar-refractivity contribution < 1.29 is 14.4 Å². The molecule has 1 aromatic heterocycles. The van der Waals surface area contributed by atoms with Crippen molar-refractivity contribution in [2.24, 2.45) is 5.92 Å². The Bertz CT molecular complexity index is 877. The van der Waals surface area contributed by atoms with Crippen LogP contribution in [-0.2, 0) is 0 Å². The molecule has 2 aromatic rings. The van der Waals surface area contributed by atoms with E-state index in [1.807, 2.05) is 17.0 Å². The number of alkyl halides is 1. The molecule has 2 heterocycles. The second-order valence-electron chi connectivity index (χ2n) is 8.10. The van der Waals surface area contributed by atoms with Gasteiger partial charge in [0.05, 0.1) is 18.1 Å². The van der Waals surface area contributed by atoms with Crippen molar-refractivity contribution in [3.8, 4) is 0 Å². The van der Waals surface area contributed by atoms with E-state index in [1.165, 1.54) is 6.07 Å². The molecule has 9 heteroatoms. The first kappa shape index (κ1) is 21.8. The molecule has 1 aliphatic rings. The van der Waals surface area contributed by atoms with Crippen LogP contribution in [0.15, 0.2) is 36.4 Å². The molecule has 1 aromatic carbocycles. The molecule has 0 aliphatic carbocycles. The number of aliphatic hydroxyl groups is 1. The van der Waals surface area contributed by atoms with Crippen LogP contribution < -0.4 is 15.5 Å². The maximum atomic E-state index is 14.5. The van der Waals surface area contributed by atoms with Crippen molar-refractivity contribution in [2.45, 2.75) is 32.4 Å². The summed E-state index contributed by atoms with van der Waals surface area (Å²) in [5.41, 5.74) is -0.217. The van der Waals surface area contributed by atoms with Gasteiger partial charge < -0.3 is 20.6 Å². The lowest BCUT2D eigenvalue weighted by molar-refractivity contribution is -0.384. The van der Waals surface area contributed by atoms with E-state index in [4.69, 9.17) is 0 Å². The van der Waals surface area contributed by atoms with Crippen LogP contribution in [-0.4, -0.2) is 46.9 Å². The molecule has 1 unspecified atom stereocenters. The largest absolute Gasteiger partial charge is 0.393 e. The van der Waals surface area contributed by atoms with Gasteiger partial charge in [-0.3, -0.25) is 10.1 Å². The van der Waals surface area contributed by atoms with Crippen molar-refractivity contribution in [2.75, 3.05) is 41.8 Å². The van der Waals surface area contributed by atoms with Crippen LogP contribution in [0.2, 0.25) is 0 Å². The lowest BCUT2D eigenvalue weighted by Crippen LogP contribution is -2.47. The number of piperidine rings is 1. The van der Waals surface area contributed by atoms with Crippen molar-refractivity contribution in [1.82, 2.24) is 4.98 Å². The zero-order valence-corrected chi connectivity index (χ0v) is 17.3. The number of rotatable bonds is 8. The molecule has 0 bridgehead atoms. The molecular formula is C21H28FN5O3. The van der Waals surface area contributed by atoms with Gasteiger partial charge in [0, 0.05) is 30.5 Å². The van der Waals surface area contributed by atoms with Crippen LogP contribution in [0.5, 0.6) is 0 Å². The molecule has 1 fully saturated rings. The third-order valence-corrected chi connectivity index (χ3v) is 5.07. The summed E-state index contributed by atoms with van der Waals surface area (Å²) in [4.78, 5) is 17.2. The number of pyridine rings is 1. The highest BCUT2D eigenvalue weighted by Crippen LogP contribution is 2.31. The van der Waals surface area contributed by atoms with Gasteiger partial charge in [-0.05, 0) is 49.1 Å². The minimum absolute atomic E-state index is 0.115. The fraction of sp³-hybridized carbons (Fsp3) is 0.476. The summed E-state index contributed by atoms with van der Waals surface area (Å²) in [6.07, 6.45) is 1.03. The van der Waals surface area contributed by atoms with Crippen molar-refractivity contribution in [1.29, 1.82) is 0 Å². The predicted molar refractivity (Wildman–Crippen MR) is 116 cm³/mol. The number of aromatic nitrogens is 1. The average Bonchev–Trinajstić information content (AvgIpc) is 2.73. The Morgan fingerprint density at radius 1 is 1.30 bits per heavy atom. The Kier molecular flexibility index (Phi) is 6.71. The molecule has 1 saturated heterocycles. The molecule has 0 saturated carbocycles. The van der Waals surface area contributed by atoms with Gasteiger partial charge in [0.25, 0.3) is 0 Å². The first-order chi connectivity index (χ1) is 14.3. The van der Waals surface area contributed by atoms with E-state index in [0.29, 0.717) is 36.8 Å². The minimum Gasteiger partial charge on any atom is -0.393 e. The van der Waals surface area contributed by atoms with E-state index in [1.54, 1.807) is 18.2 Å². The summed E-state index contributed by atoms with van der Waals surface area (Å²) in [6.45, 7) is 5.21. The van der Waals surface area contributed by atoms with Crippen LogP contribution >= 0.6 is 0 Å². The molecule has 1 aliphatic heterocycles. The number of hydrogen-bond acceptors (Lipinski definition) is 7. The normalized spacial score (nSPS) is 19.0. The van der Waals surface area contributed by atoms with Gasteiger partial charge in [0.15, 0.2) is 5.67 Å². The Hall–Kier alpha value is -2.94. The molecule has 0 radical (unpaired) electrons. The fourth-order valence-electron chi connectivity index (χ4n) is 3.43. The van der Waals surface area contributed by atoms with E-state index in [9.17, 15) is 19.6 Å². The highest BCUT2D eigenvalue weighted by atomic mass is 19.1. The quantitative estimate of drug-likeness (QED) is 0.439. The van der Waals surface area contributed by atoms with E-state index in [-0.39, 0.29) is 18.1 Å². The zero-order chi connectivity index (χ0) is 21.7. The summed E-state index contributed by atoms with van der Waals surface area (Å²) >= 11 is 0. The number of benzene rings is 1. The summed E-state index contributed by atoms with van der Waals surface area (Å²) in [5.74, 6) is 1.13. The van der Waals surface area contributed by atoms with E-state index >= 15 is 0 Å². The van der Waals surface area contributed by atoms with E-state index < -0.39 is 17.2 Å². The molecule has 30 heavy (non-hydrogen) atoms. The van der Waals surface area contributed by atoms with Gasteiger partial charge in [0.1, 0.15) is 5.82 Å². The second kappa shape index (κ2) is 9.25. The smallest absolute Gasteiger partial charge is 0.311 e. The standard InChI is InChI=1S/C21H28FN5O3/c1-15(2)12-23-19-9-8-18(27(29)30)20(25-19)24-16-4-6-17(7-5-16)26-11-3-10-21(22,13-26)14-28/h4-9,15,28H,3,10-14H2,1-2H3,(H2,23,24,25). The van der Waals surface area contributed by atoms with Crippen molar-refractivity contribution in [3.63, 3.8) is 0 Å². The number of halogens is 1. The molecule has 3 N–H and O–H groups in total. The monoisotopic (exact) mass is 417 g/mol. The van der Waals surface area contributed by atoms with Gasteiger partial charge in [-0.1, -0.05) is 13.8 Å². The van der Waals surface area contributed by atoms with Crippen LogP contribution in [0.4, 0.5) is 33.1 Å². The minimum atomic E-state index is -1.58. The summed E-state index contributed by atoms with van der Waals surface area (Å²) < 4.78 is 14.5. The number of nitro groups is 1. The Morgan fingerprint density at radius 3 is 2.67 bits per heavy atom. The van der Waals surface area contributed by atoms with Gasteiger partial charge >= 0.3 is 5.69 Å². The van der Waals surface area contributed by atoms with Crippen molar-refractivity contribution >= 4 is 28.7 Å². The highest BCUT2D eigenvalue weighted by Gasteiger charge is 2.34. The van der Waals surface area contributed by atoms with Crippen LogP contribution in [0.25, 0.3) is 0 Å². The number of hydrogen-bond donors (Lipinski definition) is 3. The topological polar surface area (TPSA) is 104 Å². The Morgan fingerprint density at radius 2 is 2.03 bits per heavy atom. The first-order valence-electron chi connectivity index (χ1n) is 10.1. The van der Waals surface area contributed by atoms with Crippen LogP contribution in [0.1, 0.15) is 26.7 Å². The molecule has 0 amide bonds. The summed E-state index contributed by atoms with van der Waals surface area (Å²) in [5, 5.41) is 26.9. The molecular weight excluding hydrogens is 389 g/mol. The molecule has 162 valence electrons. The Balaban J connectivity index is 1.75. The fourth-order valence-corrected chi connectivity index (χ4v) is 3.43. The number of nitrogens with one attached hydrogen (secondary N) is 2. The average molecular weight is 417 g/mol. The van der Waals surface area contributed by atoms with Gasteiger partial charge in [-0.25, -0.2) is 9.37 Å². The van der Waals surface area contributed by atoms with Gasteiger partial charge in [0.2, 0.25) is 5.82 Å². The first-order valence-corrected chi connectivity index (χ1v) is 10.1. The van der Waals surface area contributed by atoms with Crippen LogP contribution in [0.3, 0.4) is 0 Å². The zero-order valence-electron chi connectivity index (χ0n) is 17.3. The molecule has 0 spiro atoms. The van der Waals surface area contributed by atoms with E-state index in [0.717, 1.165) is 12.2 Å². The Labute approximate surface area is 175 Å². The molecule has 1 atom stereocenters.